The molecule has 0 radical (unpaired) electrons. The van der Waals surface area contributed by atoms with Crippen LogP contribution in [0.4, 0.5) is 4.39 Å². The number of hydrogen-bond acceptors (Lipinski definition) is 2. The van der Waals surface area contributed by atoms with Crippen molar-refractivity contribution in [3.63, 3.8) is 0 Å². The SMILES string of the molecule is Cn1ncc(CNCc2ccccc2)c1F. The minimum atomic E-state index is -0.277. The average Bonchev–Trinajstić information content (AvgIpc) is 2.62. The Kier molecular flexibility index (Phi) is 3.31. The standard InChI is InChI=1S/C12H14FN3/c1-16-12(13)11(9-15-16)8-14-7-10-5-3-2-4-6-10/h2-6,9,14H,7-8H2,1H3. The van der Waals surface area contributed by atoms with E-state index in [9.17, 15) is 4.39 Å². The molecule has 84 valence electrons. The summed E-state index contributed by atoms with van der Waals surface area (Å²) in [5.41, 5.74) is 1.78. The number of nitrogens with one attached hydrogen (secondary N) is 1. The van der Waals surface area contributed by atoms with E-state index in [4.69, 9.17) is 0 Å². The molecule has 0 atom stereocenters. The van der Waals surface area contributed by atoms with Gasteiger partial charge in [0.2, 0.25) is 5.95 Å². The van der Waals surface area contributed by atoms with Crippen molar-refractivity contribution in [1.82, 2.24) is 15.1 Å². The van der Waals surface area contributed by atoms with Crippen molar-refractivity contribution in [2.75, 3.05) is 0 Å². The summed E-state index contributed by atoms with van der Waals surface area (Å²) in [5.74, 6) is -0.277. The molecule has 0 amide bonds. The van der Waals surface area contributed by atoms with Gasteiger partial charge in [-0.05, 0) is 5.56 Å². The van der Waals surface area contributed by atoms with E-state index < -0.39 is 0 Å². The van der Waals surface area contributed by atoms with Crippen molar-refractivity contribution in [2.45, 2.75) is 13.1 Å². The third-order valence-electron chi connectivity index (χ3n) is 2.42. The summed E-state index contributed by atoms with van der Waals surface area (Å²) in [6.07, 6.45) is 1.55. The van der Waals surface area contributed by atoms with Crippen LogP contribution in [-0.2, 0) is 20.1 Å². The van der Waals surface area contributed by atoms with Crippen LogP contribution in [0.5, 0.6) is 0 Å². The van der Waals surface area contributed by atoms with Crippen molar-refractivity contribution in [3.05, 3.63) is 53.6 Å². The molecule has 1 N–H and O–H groups in total. The van der Waals surface area contributed by atoms with E-state index >= 15 is 0 Å². The Labute approximate surface area is 93.9 Å². The van der Waals surface area contributed by atoms with E-state index in [1.165, 1.54) is 10.2 Å². The molecule has 0 saturated heterocycles. The molecule has 0 aliphatic rings. The van der Waals surface area contributed by atoms with Gasteiger partial charge < -0.3 is 5.32 Å². The molecule has 0 aliphatic heterocycles. The zero-order valence-corrected chi connectivity index (χ0v) is 9.15. The fourth-order valence-corrected chi connectivity index (χ4v) is 1.52. The molecule has 0 bridgehead atoms. The predicted octanol–water partition coefficient (Wildman–Crippen LogP) is 1.85. The minimum Gasteiger partial charge on any atom is -0.308 e. The van der Waals surface area contributed by atoms with Gasteiger partial charge >= 0.3 is 0 Å². The van der Waals surface area contributed by atoms with Gasteiger partial charge in [-0.15, -0.1) is 0 Å². The Bertz CT molecular complexity index is 451. The predicted molar refractivity (Wildman–Crippen MR) is 60.2 cm³/mol. The second-order valence-electron chi connectivity index (χ2n) is 3.67. The average molecular weight is 219 g/mol. The molecule has 16 heavy (non-hydrogen) atoms. The lowest BCUT2D eigenvalue weighted by Crippen LogP contribution is -2.13. The maximum absolute atomic E-state index is 13.3. The molecule has 0 fully saturated rings. The molecule has 0 spiro atoms. The first-order valence-corrected chi connectivity index (χ1v) is 5.18. The van der Waals surface area contributed by atoms with Gasteiger partial charge in [0.25, 0.3) is 0 Å². The van der Waals surface area contributed by atoms with Crippen LogP contribution in [0.25, 0.3) is 0 Å². The van der Waals surface area contributed by atoms with E-state index in [2.05, 4.69) is 10.4 Å². The first kappa shape index (κ1) is 10.8. The van der Waals surface area contributed by atoms with E-state index in [1.807, 2.05) is 30.3 Å². The quantitative estimate of drug-likeness (QED) is 0.850. The van der Waals surface area contributed by atoms with E-state index in [-0.39, 0.29) is 5.95 Å². The lowest BCUT2D eigenvalue weighted by Gasteiger charge is -2.03. The molecule has 3 nitrogen and oxygen atoms in total. The number of aromatic nitrogens is 2. The van der Waals surface area contributed by atoms with Crippen molar-refractivity contribution < 1.29 is 4.39 Å². The third kappa shape index (κ3) is 2.46. The number of nitrogens with zero attached hydrogens (tertiary/aromatic N) is 2. The van der Waals surface area contributed by atoms with Crippen LogP contribution < -0.4 is 5.32 Å². The van der Waals surface area contributed by atoms with Crippen molar-refractivity contribution in [3.8, 4) is 0 Å². The summed E-state index contributed by atoms with van der Waals surface area (Å²) in [6, 6.07) is 10.0. The van der Waals surface area contributed by atoms with Gasteiger partial charge in [0.05, 0.1) is 6.20 Å². The Morgan fingerprint density at radius 2 is 2.00 bits per heavy atom. The summed E-state index contributed by atoms with van der Waals surface area (Å²) >= 11 is 0. The largest absolute Gasteiger partial charge is 0.308 e. The highest BCUT2D eigenvalue weighted by molar-refractivity contribution is 5.14. The maximum atomic E-state index is 13.3. The van der Waals surface area contributed by atoms with E-state index in [0.29, 0.717) is 12.1 Å². The van der Waals surface area contributed by atoms with Crippen molar-refractivity contribution >= 4 is 0 Å². The maximum Gasteiger partial charge on any atom is 0.215 e. The Balaban J connectivity index is 1.87. The van der Waals surface area contributed by atoms with Gasteiger partial charge in [-0.2, -0.15) is 9.49 Å². The highest BCUT2D eigenvalue weighted by Gasteiger charge is 2.06. The van der Waals surface area contributed by atoms with Gasteiger partial charge in [-0.25, -0.2) is 4.68 Å². The highest BCUT2D eigenvalue weighted by atomic mass is 19.1. The first-order chi connectivity index (χ1) is 7.77. The van der Waals surface area contributed by atoms with E-state index in [0.717, 1.165) is 6.54 Å². The molecular weight excluding hydrogens is 205 g/mol. The Morgan fingerprint density at radius 3 is 2.62 bits per heavy atom. The summed E-state index contributed by atoms with van der Waals surface area (Å²) < 4.78 is 14.6. The zero-order chi connectivity index (χ0) is 11.4. The topological polar surface area (TPSA) is 29.9 Å². The van der Waals surface area contributed by atoms with Crippen LogP contribution in [0, 0.1) is 5.95 Å². The Hall–Kier alpha value is -1.68. The molecule has 1 aromatic carbocycles. The Morgan fingerprint density at radius 1 is 1.25 bits per heavy atom. The van der Waals surface area contributed by atoms with Crippen LogP contribution in [0.3, 0.4) is 0 Å². The number of halogens is 1. The van der Waals surface area contributed by atoms with Crippen LogP contribution in [0.2, 0.25) is 0 Å². The molecule has 0 unspecified atom stereocenters. The molecule has 0 aliphatic carbocycles. The summed E-state index contributed by atoms with van der Waals surface area (Å²) in [7, 11) is 1.59. The fourth-order valence-electron chi connectivity index (χ4n) is 1.52. The molecule has 2 aromatic rings. The lowest BCUT2D eigenvalue weighted by molar-refractivity contribution is 0.489. The smallest absolute Gasteiger partial charge is 0.215 e. The first-order valence-electron chi connectivity index (χ1n) is 5.18. The number of benzene rings is 1. The monoisotopic (exact) mass is 219 g/mol. The van der Waals surface area contributed by atoms with Crippen molar-refractivity contribution in [1.29, 1.82) is 0 Å². The van der Waals surface area contributed by atoms with Crippen LogP contribution in [0.1, 0.15) is 11.1 Å². The van der Waals surface area contributed by atoms with Crippen LogP contribution in [-0.4, -0.2) is 9.78 Å². The van der Waals surface area contributed by atoms with Gasteiger partial charge in [-0.1, -0.05) is 30.3 Å². The molecule has 2 rings (SSSR count). The van der Waals surface area contributed by atoms with Gasteiger partial charge in [-0.3, -0.25) is 0 Å². The van der Waals surface area contributed by atoms with Gasteiger partial charge in [0.1, 0.15) is 0 Å². The third-order valence-corrected chi connectivity index (χ3v) is 2.42. The van der Waals surface area contributed by atoms with E-state index in [1.54, 1.807) is 13.2 Å². The second-order valence-corrected chi connectivity index (χ2v) is 3.67. The lowest BCUT2D eigenvalue weighted by atomic mass is 10.2. The molecule has 0 saturated carbocycles. The number of hydrogen-bond donors (Lipinski definition) is 1. The zero-order valence-electron chi connectivity index (χ0n) is 9.15. The summed E-state index contributed by atoms with van der Waals surface area (Å²) in [6.45, 7) is 1.23. The normalized spacial score (nSPS) is 10.6. The van der Waals surface area contributed by atoms with Gasteiger partial charge in [0.15, 0.2) is 0 Å². The molecular formula is C12H14FN3. The second kappa shape index (κ2) is 4.90. The molecule has 4 heteroatoms. The highest BCUT2D eigenvalue weighted by Crippen LogP contribution is 2.05. The van der Waals surface area contributed by atoms with Crippen LogP contribution in [0.15, 0.2) is 36.5 Å². The molecule has 1 heterocycles. The van der Waals surface area contributed by atoms with Crippen molar-refractivity contribution in [2.24, 2.45) is 7.05 Å². The summed E-state index contributed by atoms with van der Waals surface area (Å²) in [4.78, 5) is 0. The summed E-state index contributed by atoms with van der Waals surface area (Å²) in [5, 5.41) is 7.02. The molecule has 1 aromatic heterocycles. The number of aryl methyl sites for hydroxylation is 1. The van der Waals surface area contributed by atoms with Gasteiger partial charge in [0, 0.05) is 25.7 Å². The minimum absolute atomic E-state index is 0.277. The number of rotatable bonds is 4. The van der Waals surface area contributed by atoms with Crippen LogP contribution >= 0.6 is 0 Å². The fraction of sp³-hybridized carbons (Fsp3) is 0.250.